The summed E-state index contributed by atoms with van der Waals surface area (Å²) in [5, 5.41) is 29.4. The lowest BCUT2D eigenvalue weighted by atomic mass is 9.85. The summed E-state index contributed by atoms with van der Waals surface area (Å²) in [5.74, 6) is -0.608. The number of carboxylic acid groups (broad SMARTS) is 1. The number of hydrogen-bond donors (Lipinski definition) is 5. The van der Waals surface area contributed by atoms with Crippen molar-refractivity contribution in [1.82, 2.24) is 16.0 Å². The van der Waals surface area contributed by atoms with E-state index in [1.54, 1.807) is 20.8 Å². The molecule has 256 valence electrons. The number of carbonyl (C=O) groups is 3. The zero-order valence-corrected chi connectivity index (χ0v) is 28.1. The summed E-state index contributed by atoms with van der Waals surface area (Å²) in [5.41, 5.74) is 5.59. The summed E-state index contributed by atoms with van der Waals surface area (Å²) in [4.78, 5) is 38.5. The van der Waals surface area contributed by atoms with Gasteiger partial charge in [0.2, 0.25) is 5.91 Å². The molecule has 0 saturated heterocycles. The Bertz CT molecular complexity index is 1680. The van der Waals surface area contributed by atoms with E-state index in [0.29, 0.717) is 12.8 Å². The molecule has 9 heteroatoms. The second-order valence-corrected chi connectivity index (χ2v) is 13.7. The van der Waals surface area contributed by atoms with Crippen LogP contribution in [0.4, 0.5) is 9.59 Å². The van der Waals surface area contributed by atoms with E-state index in [-0.39, 0.29) is 18.9 Å². The van der Waals surface area contributed by atoms with Crippen LogP contribution < -0.4 is 16.0 Å². The Morgan fingerprint density at radius 3 is 1.76 bits per heavy atom. The van der Waals surface area contributed by atoms with Crippen LogP contribution in [0.1, 0.15) is 55.4 Å². The fourth-order valence-corrected chi connectivity index (χ4v) is 6.57. The summed E-state index contributed by atoms with van der Waals surface area (Å²) in [7, 11) is 0. The van der Waals surface area contributed by atoms with Gasteiger partial charge in [-0.15, -0.1) is 0 Å². The van der Waals surface area contributed by atoms with Crippen LogP contribution in [0, 0.1) is 5.41 Å². The minimum absolute atomic E-state index is 0.0890. The minimum Gasteiger partial charge on any atom is -0.465 e. The van der Waals surface area contributed by atoms with Crippen molar-refractivity contribution in [2.75, 3.05) is 6.61 Å². The smallest absolute Gasteiger partial charge is 0.407 e. The van der Waals surface area contributed by atoms with Gasteiger partial charge >= 0.3 is 12.2 Å². The van der Waals surface area contributed by atoms with Crippen molar-refractivity contribution < 1.29 is 29.3 Å². The van der Waals surface area contributed by atoms with Crippen LogP contribution in [-0.4, -0.2) is 59.1 Å². The van der Waals surface area contributed by atoms with Crippen molar-refractivity contribution in [1.29, 1.82) is 0 Å². The monoisotopic (exact) mass is 663 g/mol. The first-order valence-electron chi connectivity index (χ1n) is 16.7. The number of carbonyl (C=O) groups excluding carboxylic acids is 2. The van der Waals surface area contributed by atoms with Gasteiger partial charge in [0.05, 0.1) is 12.1 Å². The number of benzene rings is 4. The Kier molecular flexibility index (Phi) is 11.4. The molecule has 0 spiro atoms. The molecule has 9 nitrogen and oxygen atoms in total. The van der Waals surface area contributed by atoms with Crippen molar-refractivity contribution in [2.24, 2.45) is 5.41 Å². The van der Waals surface area contributed by atoms with E-state index in [0.717, 1.165) is 33.4 Å². The van der Waals surface area contributed by atoms with E-state index in [1.807, 2.05) is 84.9 Å². The lowest BCUT2D eigenvalue weighted by molar-refractivity contribution is -0.126. The molecule has 0 aromatic heterocycles. The normalized spacial score (nSPS) is 14.8. The zero-order chi connectivity index (χ0) is 35.0. The van der Waals surface area contributed by atoms with Crippen LogP contribution in [-0.2, 0) is 22.4 Å². The molecule has 49 heavy (non-hydrogen) atoms. The van der Waals surface area contributed by atoms with E-state index >= 15 is 0 Å². The lowest BCUT2D eigenvalue weighted by Crippen LogP contribution is -2.56. The summed E-state index contributed by atoms with van der Waals surface area (Å²) >= 11 is 0. The highest BCUT2D eigenvalue weighted by molar-refractivity contribution is 5.86. The number of nitrogens with one attached hydrogen (secondary N) is 3. The van der Waals surface area contributed by atoms with Crippen LogP contribution in [0.5, 0.6) is 0 Å². The van der Waals surface area contributed by atoms with Gasteiger partial charge in [0.1, 0.15) is 12.6 Å². The third-order valence-electron chi connectivity index (χ3n) is 9.00. The van der Waals surface area contributed by atoms with Gasteiger partial charge in [-0.1, -0.05) is 130 Å². The molecule has 4 atom stereocenters. The molecule has 0 saturated carbocycles. The van der Waals surface area contributed by atoms with E-state index in [9.17, 15) is 24.6 Å². The Hall–Kier alpha value is -5.15. The molecule has 0 heterocycles. The largest absolute Gasteiger partial charge is 0.465 e. The molecule has 1 aliphatic carbocycles. The highest BCUT2D eigenvalue weighted by Crippen LogP contribution is 2.44. The van der Waals surface area contributed by atoms with Gasteiger partial charge in [0.15, 0.2) is 0 Å². The molecule has 5 N–H and O–H groups in total. The van der Waals surface area contributed by atoms with E-state index in [2.05, 4.69) is 40.2 Å². The average Bonchev–Trinajstić information content (AvgIpc) is 3.39. The summed E-state index contributed by atoms with van der Waals surface area (Å²) < 4.78 is 5.83. The molecule has 0 fully saturated rings. The maximum atomic E-state index is 13.5. The van der Waals surface area contributed by atoms with Crippen LogP contribution in [0.15, 0.2) is 109 Å². The number of aliphatic hydroxyl groups is 1. The predicted octanol–water partition coefficient (Wildman–Crippen LogP) is 6.30. The number of ether oxygens (including phenoxy) is 1. The van der Waals surface area contributed by atoms with E-state index < -0.39 is 47.7 Å². The summed E-state index contributed by atoms with van der Waals surface area (Å²) in [6, 6.07) is 33.0. The maximum Gasteiger partial charge on any atom is 0.407 e. The average molecular weight is 664 g/mol. The van der Waals surface area contributed by atoms with Gasteiger partial charge in [-0.3, -0.25) is 4.79 Å². The van der Waals surface area contributed by atoms with Gasteiger partial charge in [-0.05, 0) is 58.1 Å². The van der Waals surface area contributed by atoms with E-state index in [4.69, 9.17) is 4.74 Å². The first-order valence-corrected chi connectivity index (χ1v) is 16.7. The highest BCUT2D eigenvalue weighted by atomic mass is 16.5. The molecule has 5 rings (SSSR count). The van der Waals surface area contributed by atoms with Crippen LogP contribution in [0.3, 0.4) is 0 Å². The number of aliphatic hydroxyl groups excluding tert-OH is 1. The SMILES string of the molecule is CC(C)(C)[C@H](NC(=O)O)C(=O)N[C@@H](Cc1ccccc1)C[C@H](O)[C@H](Cc1ccccc1)NC(=O)OCC1c2ccccc2-c2ccccc21. The van der Waals surface area contributed by atoms with Crippen molar-refractivity contribution in [2.45, 2.75) is 70.2 Å². The van der Waals surface area contributed by atoms with Crippen molar-refractivity contribution in [3.63, 3.8) is 0 Å². The van der Waals surface area contributed by atoms with Gasteiger partial charge < -0.3 is 30.9 Å². The first-order chi connectivity index (χ1) is 23.5. The number of alkyl carbamates (subject to hydrolysis) is 1. The summed E-state index contributed by atoms with van der Waals surface area (Å²) in [6.45, 7) is 5.47. The number of fused-ring (bicyclic) bond motifs is 3. The van der Waals surface area contributed by atoms with Crippen molar-refractivity contribution >= 4 is 18.1 Å². The van der Waals surface area contributed by atoms with Crippen LogP contribution >= 0.6 is 0 Å². The number of hydrogen-bond acceptors (Lipinski definition) is 5. The van der Waals surface area contributed by atoms with E-state index in [1.165, 1.54) is 0 Å². The van der Waals surface area contributed by atoms with Gasteiger partial charge in [0.25, 0.3) is 0 Å². The molecule has 3 amide bonds. The minimum atomic E-state index is -1.30. The zero-order valence-electron chi connectivity index (χ0n) is 28.1. The standard InChI is InChI=1S/C40H45N3O6/c1-40(2,3)36(43-38(46)47)37(45)41-28(22-26-14-6-4-7-15-26)24-35(44)34(23-27-16-8-5-9-17-27)42-39(48)49-25-33-31-20-12-10-18-29(31)30-19-11-13-21-32(30)33/h4-21,28,33-36,43-44H,22-25H2,1-3H3,(H,41,45)(H,42,48)(H,46,47)/t28-,34-,35-,36+/m0/s1. The second-order valence-electron chi connectivity index (χ2n) is 13.7. The summed E-state index contributed by atoms with van der Waals surface area (Å²) in [6.07, 6.45) is -2.24. The third kappa shape index (κ3) is 9.27. The van der Waals surface area contributed by atoms with Crippen LogP contribution in [0.25, 0.3) is 11.1 Å². The highest BCUT2D eigenvalue weighted by Gasteiger charge is 2.35. The quantitative estimate of drug-likeness (QED) is 0.114. The third-order valence-corrected chi connectivity index (χ3v) is 9.00. The Labute approximate surface area is 287 Å². The van der Waals surface area contributed by atoms with Crippen LogP contribution in [0.2, 0.25) is 0 Å². The fraction of sp³-hybridized carbons (Fsp3) is 0.325. The van der Waals surface area contributed by atoms with Gasteiger partial charge in [-0.25, -0.2) is 9.59 Å². The van der Waals surface area contributed by atoms with Crippen molar-refractivity contribution in [3.8, 4) is 11.1 Å². The molecule has 1 aliphatic rings. The molecular weight excluding hydrogens is 618 g/mol. The number of rotatable bonds is 13. The lowest BCUT2D eigenvalue weighted by Gasteiger charge is -2.33. The first kappa shape index (κ1) is 35.2. The number of amides is 3. The van der Waals surface area contributed by atoms with Gasteiger partial charge in [0, 0.05) is 12.0 Å². The molecule has 0 bridgehead atoms. The maximum absolute atomic E-state index is 13.5. The molecule has 0 aliphatic heterocycles. The predicted molar refractivity (Wildman–Crippen MR) is 189 cm³/mol. The molecule has 4 aromatic carbocycles. The molecular formula is C40H45N3O6. The molecule has 4 aromatic rings. The Morgan fingerprint density at radius 1 is 0.714 bits per heavy atom. The molecule has 0 unspecified atom stereocenters. The molecule has 0 radical (unpaired) electrons. The fourth-order valence-electron chi connectivity index (χ4n) is 6.57. The Balaban J connectivity index is 1.33. The van der Waals surface area contributed by atoms with Crippen molar-refractivity contribution in [3.05, 3.63) is 131 Å². The second kappa shape index (κ2) is 15.8. The van der Waals surface area contributed by atoms with Gasteiger partial charge in [-0.2, -0.15) is 0 Å². The topological polar surface area (TPSA) is 137 Å². The Morgan fingerprint density at radius 2 is 1.22 bits per heavy atom.